The van der Waals surface area contributed by atoms with Crippen LogP contribution >= 0.6 is 27.5 Å². The van der Waals surface area contributed by atoms with E-state index in [2.05, 4.69) is 21.2 Å². The fourth-order valence-electron chi connectivity index (χ4n) is 1.43. The molecule has 2 nitrogen and oxygen atoms in total. The van der Waals surface area contributed by atoms with Gasteiger partial charge >= 0.3 is 0 Å². The number of hydrogen-bond donors (Lipinski definition) is 1. The van der Waals surface area contributed by atoms with Crippen molar-refractivity contribution in [1.82, 2.24) is 5.32 Å². The lowest BCUT2D eigenvalue weighted by molar-refractivity contribution is 0.0932. The van der Waals surface area contributed by atoms with Crippen LogP contribution in [0, 0.1) is 5.82 Å². The van der Waals surface area contributed by atoms with Gasteiger partial charge in [0.2, 0.25) is 0 Å². The number of halogens is 3. The molecule has 1 saturated carbocycles. The van der Waals surface area contributed by atoms with Crippen LogP contribution in [0.4, 0.5) is 4.39 Å². The average Bonchev–Trinajstić information content (AvgIpc) is 3.02. The fraction of sp³-hybridized carbons (Fsp3) is 0.364. The first kappa shape index (κ1) is 11.9. The molecule has 1 aliphatic carbocycles. The van der Waals surface area contributed by atoms with Crippen LogP contribution in [0.3, 0.4) is 0 Å². The van der Waals surface area contributed by atoms with Crippen molar-refractivity contribution in [2.45, 2.75) is 18.4 Å². The minimum atomic E-state index is -0.660. The second-order valence-electron chi connectivity index (χ2n) is 3.97. The van der Waals surface area contributed by atoms with E-state index >= 15 is 0 Å². The molecule has 86 valence electrons. The number of carbonyl (C=O) groups is 1. The molecule has 1 aromatic carbocycles. The van der Waals surface area contributed by atoms with E-state index in [1.807, 2.05) is 0 Å². The molecule has 0 bridgehead atoms. The van der Waals surface area contributed by atoms with Crippen molar-refractivity contribution in [1.29, 1.82) is 0 Å². The molecule has 0 spiro atoms. The first-order chi connectivity index (χ1) is 7.58. The van der Waals surface area contributed by atoms with E-state index in [0.29, 0.717) is 5.33 Å². The predicted octanol–water partition coefficient (Wildman–Crippen LogP) is 3.14. The zero-order valence-electron chi connectivity index (χ0n) is 8.40. The Morgan fingerprint density at radius 3 is 2.81 bits per heavy atom. The number of rotatable bonds is 3. The Hall–Kier alpha value is -0.610. The van der Waals surface area contributed by atoms with Crippen molar-refractivity contribution < 1.29 is 9.18 Å². The van der Waals surface area contributed by atoms with Gasteiger partial charge in [-0.25, -0.2) is 4.39 Å². The van der Waals surface area contributed by atoms with E-state index in [4.69, 9.17) is 11.6 Å². The maximum Gasteiger partial charge on any atom is 0.254 e. The van der Waals surface area contributed by atoms with Gasteiger partial charge < -0.3 is 5.32 Å². The van der Waals surface area contributed by atoms with Crippen LogP contribution in [-0.2, 0) is 0 Å². The van der Waals surface area contributed by atoms with Crippen molar-refractivity contribution in [3.8, 4) is 0 Å². The van der Waals surface area contributed by atoms with E-state index in [9.17, 15) is 9.18 Å². The highest BCUT2D eigenvalue weighted by Gasteiger charge is 2.43. The molecule has 5 heteroatoms. The maximum absolute atomic E-state index is 13.5. The summed E-state index contributed by atoms with van der Waals surface area (Å²) in [6, 6.07) is 4.42. The SMILES string of the molecule is O=C(NC1(CBr)CC1)c1cccc(Cl)c1F. The van der Waals surface area contributed by atoms with Gasteiger partial charge in [0.15, 0.2) is 5.82 Å². The molecular formula is C11H10BrClFNO. The van der Waals surface area contributed by atoms with E-state index in [0.717, 1.165) is 12.8 Å². The zero-order chi connectivity index (χ0) is 11.8. The van der Waals surface area contributed by atoms with Crippen LogP contribution < -0.4 is 5.32 Å². The maximum atomic E-state index is 13.5. The smallest absolute Gasteiger partial charge is 0.254 e. The van der Waals surface area contributed by atoms with Gasteiger partial charge in [0.1, 0.15) is 0 Å². The number of nitrogens with one attached hydrogen (secondary N) is 1. The van der Waals surface area contributed by atoms with Gasteiger partial charge in [0, 0.05) is 5.33 Å². The minimum Gasteiger partial charge on any atom is -0.346 e. The summed E-state index contributed by atoms with van der Waals surface area (Å²) in [6.07, 6.45) is 1.85. The van der Waals surface area contributed by atoms with Crippen molar-refractivity contribution in [2.75, 3.05) is 5.33 Å². The highest BCUT2D eigenvalue weighted by atomic mass is 79.9. The summed E-state index contributed by atoms with van der Waals surface area (Å²) < 4.78 is 13.5. The van der Waals surface area contributed by atoms with Crippen LogP contribution in [-0.4, -0.2) is 16.8 Å². The Morgan fingerprint density at radius 1 is 1.56 bits per heavy atom. The average molecular weight is 307 g/mol. The van der Waals surface area contributed by atoms with Crippen LogP contribution in [0.25, 0.3) is 0 Å². The first-order valence-electron chi connectivity index (χ1n) is 4.90. The molecule has 0 atom stereocenters. The lowest BCUT2D eigenvalue weighted by atomic mass is 10.2. The highest BCUT2D eigenvalue weighted by Crippen LogP contribution is 2.37. The van der Waals surface area contributed by atoms with Crippen molar-refractivity contribution in [3.63, 3.8) is 0 Å². The molecular weight excluding hydrogens is 296 g/mol. The Morgan fingerprint density at radius 2 is 2.25 bits per heavy atom. The molecule has 16 heavy (non-hydrogen) atoms. The Bertz CT molecular complexity index is 434. The molecule has 1 fully saturated rings. The normalized spacial score (nSPS) is 16.9. The molecule has 0 radical (unpaired) electrons. The summed E-state index contributed by atoms with van der Waals surface area (Å²) in [6.45, 7) is 0. The number of alkyl halides is 1. The molecule has 1 N–H and O–H groups in total. The minimum absolute atomic E-state index is 0.000255. The van der Waals surface area contributed by atoms with Crippen molar-refractivity contribution in [3.05, 3.63) is 34.6 Å². The molecule has 0 aromatic heterocycles. The van der Waals surface area contributed by atoms with Gasteiger partial charge in [-0.1, -0.05) is 33.6 Å². The molecule has 2 rings (SSSR count). The Balaban J connectivity index is 2.18. The zero-order valence-corrected chi connectivity index (χ0v) is 10.7. The molecule has 1 amide bonds. The summed E-state index contributed by atoms with van der Waals surface area (Å²) in [5.74, 6) is -1.07. The fourth-order valence-corrected chi connectivity index (χ4v) is 2.31. The van der Waals surface area contributed by atoms with E-state index in [1.165, 1.54) is 12.1 Å². The third-order valence-corrected chi connectivity index (χ3v) is 4.05. The Kier molecular flexibility index (Phi) is 3.22. The number of amides is 1. The summed E-state index contributed by atoms with van der Waals surface area (Å²) in [4.78, 5) is 11.8. The Labute approximate surface area is 106 Å². The van der Waals surface area contributed by atoms with Crippen molar-refractivity contribution >= 4 is 33.4 Å². The second-order valence-corrected chi connectivity index (χ2v) is 4.94. The van der Waals surface area contributed by atoms with Gasteiger partial charge in [0.05, 0.1) is 16.1 Å². The van der Waals surface area contributed by atoms with Crippen LogP contribution in [0.5, 0.6) is 0 Å². The largest absolute Gasteiger partial charge is 0.346 e. The summed E-state index contributed by atoms with van der Waals surface area (Å²) >= 11 is 8.95. The number of hydrogen-bond acceptors (Lipinski definition) is 1. The third kappa shape index (κ3) is 2.23. The van der Waals surface area contributed by atoms with E-state index < -0.39 is 11.7 Å². The van der Waals surface area contributed by atoms with E-state index in [-0.39, 0.29) is 16.1 Å². The molecule has 0 unspecified atom stereocenters. The molecule has 0 saturated heterocycles. The van der Waals surface area contributed by atoms with Gasteiger partial charge in [-0.15, -0.1) is 0 Å². The van der Waals surface area contributed by atoms with Gasteiger partial charge in [-0.2, -0.15) is 0 Å². The molecule has 1 aromatic rings. The summed E-state index contributed by atoms with van der Waals surface area (Å²) in [5, 5.41) is 3.47. The number of carbonyl (C=O) groups excluding carboxylic acids is 1. The highest BCUT2D eigenvalue weighted by molar-refractivity contribution is 9.09. The number of benzene rings is 1. The van der Waals surface area contributed by atoms with Crippen LogP contribution in [0.15, 0.2) is 18.2 Å². The lowest BCUT2D eigenvalue weighted by Gasteiger charge is -2.14. The van der Waals surface area contributed by atoms with Crippen LogP contribution in [0.1, 0.15) is 23.2 Å². The molecule has 1 aliphatic rings. The van der Waals surface area contributed by atoms with Crippen LogP contribution in [0.2, 0.25) is 5.02 Å². The van der Waals surface area contributed by atoms with Gasteiger partial charge in [0.25, 0.3) is 5.91 Å². The first-order valence-corrected chi connectivity index (χ1v) is 6.40. The predicted molar refractivity (Wildman–Crippen MR) is 64.6 cm³/mol. The topological polar surface area (TPSA) is 29.1 Å². The monoisotopic (exact) mass is 305 g/mol. The van der Waals surface area contributed by atoms with E-state index in [1.54, 1.807) is 6.07 Å². The van der Waals surface area contributed by atoms with Gasteiger partial charge in [-0.05, 0) is 25.0 Å². The van der Waals surface area contributed by atoms with Crippen molar-refractivity contribution in [2.24, 2.45) is 0 Å². The quantitative estimate of drug-likeness (QED) is 0.854. The summed E-state index contributed by atoms with van der Waals surface area (Å²) in [5.41, 5.74) is -0.189. The summed E-state index contributed by atoms with van der Waals surface area (Å²) in [7, 11) is 0. The molecule has 0 heterocycles. The standard InChI is InChI=1S/C11H10BrClFNO/c12-6-11(4-5-11)15-10(16)7-2-1-3-8(13)9(7)14/h1-3H,4-6H2,(H,15,16). The third-order valence-electron chi connectivity index (χ3n) is 2.68. The lowest BCUT2D eigenvalue weighted by Crippen LogP contribution is -2.38. The second kappa shape index (κ2) is 4.34. The molecule has 0 aliphatic heterocycles. The van der Waals surface area contributed by atoms with Gasteiger partial charge in [-0.3, -0.25) is 4.79 Å².